The predicted octanol–water partition coefficient (Wildman–Crippen LogP) is 3.67. The Balaban J connectivity index is 1.73. The first-order chi connectivity index (χ1) is 13.5. The molecule has 3 rings (SSSR count). The number of non-ortho nitro benzene ring substituents is 1. The summed E-state index contributed by atoms with van der Waals surface area (Å²) in [4.78, 5) is 22.8. The molecular weight excluding hydrogens is 360 g/mol. The third kappa shape index (κ3) is 4.53. The summed E-state index contributed by atoms with van der Waals surface area (Å²) in [5, 5.41) is 18.0. The van der Waals surface area contributed by atoms with Gasteiger partial charge in [0.2, 0.25) is 5.91 Å². The lowest BCUT2D eigenvalue weighted by molar-refractivity contribution is -0.384. The molecule has 144 valence electrons. The van der Waals surface area contributed by atoms with Gasteiger partial charge in [0.15, 0.2) is 0 Å². The number of amides is 1. The first-order valence-corrected chi connectivity index (χ1v) is 8.79. The fourth-order valence-electron chi connectivity index (χ4n) is 2.74. The second-order valence-corrected chi connectivity index (χ2v) is 6.16. The zero-order valence-electron chi connectivity index (χ0n) is 15.6. The topological polar surface area (TPSA) is 99.3 Å². The van der Waals surface area contributed by atoms with Gasteiger partial charge in [-0.05, 0) is 43.7 Å². The molecule has 0 atom stereocenters. The SMILES string of the molecule is CCOc1ccc(CC(=O)Nc2cc(C)nn2-c2ccc([N+](=O)[O-])cc2)cc1. The molecule has 8 nitrogen and oxygen atoms in total. The minimum absolute atomic E-state index is 0.00582. The molecule has 0 saturated heterocycles. The van der Waals surface area contributed by atoms with Gasteiger partial charge >= 0.3 is 0 Å². The number of hydrogen-bond acceptors (Lipinski definition) is 5. The van der Waals surface area contributed by atoms with Gasteiger partial charge in [-0.2, -0.15) is 5.10 Å². The van der Waals surface area contributed by atoms with E-state index in [-0.39, 0.29) is 18.0 Å². The van der Waals surface area contributed by atoms with Crippen molar-refractivity contribution >= 4 is 17.4 Å². The predicted molar refractivity (Wildman–Crippen MR) is 105 cm³/mol. The molecule has 0 unspecified atom stereocenters. The van der Waals surface area contributed by atoms with Gasteiger partial charge in [-0.3, -0.25) is 14.9 Å². The van der Waals surface area contributed by atoms with Crippen molar-refractivity contribution < 1.29 is 14.5 Å². The number of benzene rings is 2. The van der Waals surface area contributed by atoms with Crippen molar-refractivity contribution in [2.45, 2.75) is 20.3 Å². The number of rotatable bonds is 7. The summed E-state index contributed by atoms with van der Waals surface area (Å²) in [6.45, 7) is 4.31. The van der Waals surface area contributed by atoms with Crippen LogP contribution in [0.2, 0.25) is 0 Å². The summed E-state index contributed by atoms with van der Waals surface area (Å²) < 4.78 is 6.95. The van der Waals surface area contributed by atoms with Gasteiger partial charge < -0.3 is 10.1 Å². The highest BCUT2D eigenvalue weighted by Crippen LogP contribution is 2.20. The van der Waals surface area contributed by atoms with E-state index in [9.17, 15) is 14.9 Å². The van der Waals surface area contributed by atoms with Crippen LogP contribution in [-0.2, 0) is 11.2 Å². The van der Waals surface area contributed by atoms with Crippen LogP contribution in [0.4, 0.5) is 11.5 Å². The van der Waals surface area contributed by atoms with Crippen LogP contribution in [0.3, 0.4) is 0 Å². The molecular formula is C20H20N4O4. The fraction of sp³-hybridized carbons (Fsp3) is 0.200. The molecule has 1 aromatic heterocycles. The lowest BCUT2D eigenvalue weighted by Gasteiger charge is -2.09. The number of nitrogens with one attached hydrogen (secondary N) is 1. The molecule has 3 aromatic rings. The highest BCUT2D eigenvalue weighted by atomic mass is 16.6. The Bertz CT molecular complexity index is 978. The minimum atomic E-state index is -0.461. The molecule has 0 spiro atoms. The van der Waals surface area contributed by atoms with E-state index in [1.165, 1.54) is 12.1 Å². The van der Waals surface area contributed by atoms with Gasteiger partial charge in [-0.15, -0.1) is 0 Å². The van der Waals surface area contributed by atoms with E-state index in [1.54, 1.807) is 22.9 Å². The number of aromatic nitrogens is 2. The molecule has 0 radical (unpaired) electrons. The Morgan fingerprint density at radius 1 is 1.18 bits per heavy atom. The molecule has 0 fully saturated rings. The van der Waals surface area contributed by atoms with Crippen molar-refractivity contribution in [3.63, 3.8) is 0 Å². The molecule has 0 aliphatic heterocycles. The average Bonchev–Trinajstić information content (AvgIpc) is 3.03. The summed E-state index contributed by atoms with van der Waals surface area (Å²) in [7, 11) is 0. The summed E-state index contributed by atoms with van der Waals surface area (Å²) in [5.41, 5.74) is 2.19. The molecule has 0 aliphatic carbocycles. The third-order valence-corrected chi connectivity index (χ3v) is 4.00. The molecule has 1 amide bonds. The normalized spacial score (nSPS) is 10.5. The Hall–Kier alpha value is -3.68. The van der Waals surface area contributed by atoms with Crippen LogP contribution in [0.1, 0.15) is 18.2 Å². The number of aryl methyl sites for hydroxylation is 1. The number of nitro benzene ring substituents is 1. The number of carbonyl (C=O) groups is 1. The van der Waals surface area contributed by atoms with Gasteiger partial charge in [0.25, 0.3) is 5.69 Å². The smallest absolute Gasteiger partial charge is 0.269 e. The molecule has 0 bridgehead atoms. The van der Waals surface area contributed by atoms with E-state index in [2.05, 4.69) is 10.4 Å². The van der Waals surface area contributed by atoms with Crippen molar-refractivity contribution in [2.75, 3.05) is 11.9 Å². The van der Waals surface area contributed by atoms with E-state index >= 15 is 0 Å². The molecule has 8 heteroatoms. The first kappa shape index (κ1) is 19.1. The van der Waals surface area contributed by atoms with Crippen LogP contribution in [0.5, 0.6) is 5.75 Å². The van der Waals surface area contributed by atoms with Crippen molar-refractivity contribution in [3.05, 3.63) is 76.0 Å². The summed E-state index contributed by atoms with van der Waals surface area (Å²) in [5.74, 6) is 1.08. The lowest BCUT2D eigenvalue weighted by atomic mass is 10.1. The van der Waals surface area contributed by atoms with E-state index in [4.69, 9.17) is 4.74 Å². The van der Waals surface area contributed by atoms with Crippen LogP contribution in [0, 0.1) is 17.0 Å². The monoisotopic (exact) mass is 380 g/mol. The molecule has 1 heterocycles. The van der Waals surface area contributed by atoms with E-state index < -0.39 is 4.92 Å². The Morgan fingerprint density at radius 2 is 1.86 bits per heavy atom. The number of hydrogen-bond donors (Lipinski definition) is 1. The maximum atomic E-state index is 12.5. The molecule has 28 heavy (non-hydrogen) atoms. The highest BCUT2D eigenvalue weighted by molar-refractivity contribution is 5.91. The number of ether oxygens (including phenoxy) is 1. The maximum absolute atomic E-state index is 12.5. The van der Waals surface area contributed by atoms with Gasteiger partial charge in [0, 0.05) is 18.2 Å². The van der Waals surface area contributed by atoms with Gasteiger partial charge in [-0.1, -0.05) is 12.1 Å². The molecule has 0 aliphatic rings. The van der Waals surface area contributed by atoms with Gasteiger partial charge in [0.1, 0.15) is 11.6 Å². The zero-order valence-corrected chi connectivity index (χ0v) is 15.6. The van der Waals surface area contributed by atoms with Gasteiger partial charge in [-0.25, -0.2) is 4.68 Å². The first-order valence-electron chi connectivity index (χ1n) is 8.79. The third-order valence-electron chi connectivity index (χ3n) is 4.00. The number of nitro groups is 1. The standard InChI is InChI=1S/C20H20N4O4/c1-3-28-18-10-4-15(5-11-18)13-20(25)21-19-12-14(2)22-23(19)16-6-8-17(9-7-16)24(26)27/h4-12H,3,13H2,1-2H3,(H,21,25). The average molecular weight is 380 g/mol. The number of nitrogens with zero attached hydrogens (tertiary/aromatic N) is 3. The Kier molecular flexibility index (Phi) is 5.69. The van der Waals surface area contributed by atoms with Crippen molar-refractivity contribution in [2.24, 2.45) is 0 Å². The molecule has 0 saturated carbocycles. The van der Waals surface area contributed by atoms with Crippen molar-refractivity contribution in [1.82, 2.24) is 9.78 Å². The van der Waals surface area contributed by atoms with E-state index in [0.717, 1.165) is 17.0 Å². The van der Waals surface area contributed by atoms with Crippen molar-refractivity contribution in [3.8, 4) is 11.4 Å². The second kappa shape index (κ2) is 8.34. The van der Waals surface area contributed by atoms with Gasteiger partial charge in [0.05, 0.1) is 29.3 Å². The van der Waals surface area contributed by atoms with E-state index in [1.807, 2.05) is 38.1 Å². The summed E-state index contributed by atoms with van der Waals surface area (Å²) in [6.07, 6.45) is 0.205. The van der Waals surface area contributed by atoms with Crippen LogP contribution in [0.25, 0.3) is 5.69 Å². The quantitative estimate of drug-likeness (QED) is 0.498. The number of anilines is 1. The lowest BCUT2D eigenvalue weighted by Crippen LogP contribution is -2.17. The van der Waals surface area contributed by atoms with Crippen LogP contribution >= 0.6 is 0 Å². The number of carbonyl (C=O) groups excluding carboxylic acids is 1. The Labute approximate surface area is 161 Å². The summed E-state index contributed by atoms with van der Waals surface area (Å²) >= 11 is 0. The minimum Gasteiger partial charge on any atom is -0.494 e. The van der Waals surface area contributed by atoms with Crippen LogP contribution in [-0.4, -0.2) is 27.2 Å². The maximum Gasteiger partial charge on any atom is 0.269 e. The second-order valence-electron chi connectivity index (χ2n) is 6.16. The largest absolute Gasteiger partial charge is 0.494 e. The Morgan fingerprint density at radius 3 is 2.46 bits per heavy atom. The highest BCUT2D eigenvalue weighted by Gasteiger charge is 2.13. The fourth-order valence-corrected chi connectivity index (χ4v) is 2.74. The summed E-state index contributed by atoms with van der Waals surface area (Å²) in [6, 6.07) is 15.1. The molecule has 2 aromatic carbocycles. The van der Waals surface area contributed by atoms with Crippen molar-refractivity contribution in [1.29, 1.82) is 0 Å². The van der Waals surface area contributed by atoms with E-state index in [0.29, 0.717) is 18.1 Å². The van der Waals surface area contributed by atoms with Crippen LogP contribution < -0.4 is 10.1 Å². The molecule has 1 N–H and O–H groups in total. The zero-order chi connectivity index (χ0) is 20.1. The van der Waals surface area contributed by atoms with Crippen LogP contribution in [0.15, 0.2) is 54.6 Å².